The van der Waals surface area contributed by atoms with Gasteiger partial charge in [0.05, 0.1) is 21.6 Å². The molecule has 0 bridgehead atoms. The number of nitro benzene ring substituents is 1. The van der Waals surface area contributed by atoms with Crippen LogP contribution in [0.3, 0.4) is 0 Å². The second-order valence-electron chi connectivity index (χ2n) is 7.07. The Morgan fingerprint density at radius 3 is 2.58 bits per heavy atom. The Bertz CT molecular complexity index is 1130. The molecule has 0 saturated heterocycles. The van der Waals surface area contributed by atoms with Crippen molar-refractivity contribution < 1.29 is 9.72 Å². The van der Waals surface area contributed by atoms with Crippen LogP contribution in [-0.2, 0) is 11.3 Å². The number of non-ortho nitro benzene ring substituents is 1. The van der Waals surface area contributed by atoms with Crippen LogP contribution < -0.4 is 10.9 Å². The number of para-hydroxylation sites is 1. The van der Waals surface area contributed by atoms with Crippen LogP contribution >= 0.6 is 11.8 Å². The molecular formula is C22H24N4O4S. The molecule has 8 nitrogen and oxygen atoms in total. The van der Waals surface area contributed by atoms with E-state index in [2.05, 4.69) is 17.2 Å². The summed E-state index contributed by atoms with van der Waals surface area (Å²) in [4.78, 5) is 40.2. The van der Waals surface area contributed by atoms with E-state index in [1.807, 2.05) is 12.1 Å². The standard InChI is InChI=1S/C22H24N4O4S/c1-2-3-4-7-14-25-21(28)18-8-5-6-9-19(18)24-22(25)31-15-20(27)23-16-10-12-17(13-11-16)26(29)30/h5-6,8-13H,2-4,7,14-15H2,1H3,(H,23,27). The van der Waals surface area contributed by atoms with Crippen LogP contribution in [0.15, 0.2) is 58.5 Å². The number of rotatable bonds is 10. The topological polar surface area (TPSA) is 107 Å². The third kappa shape index (κ3) is 5.91. The van der Waals surface area contributed by atoms with Crippen molar-refractivity contribution in [2.45, 2.75) is 44.3 Å². The highest BCUT2D eigenvalue weighted by atomic mass is 32.2. The molecule has 2 aromatic carbocycles. The fourth-order valence-electron chi connectivity index (χ4n) is 3.15. The van der Waals surface area contributed by atoms with Crippen molar-refractivity contribution in [3.8, 4) is 0 Å². The minimum absolute atomic E-state index is 0.0418. The molecule has 162 valence electrons. The van der Waals surface area contributed by atoms with Crippen LogP contribution in [0.4, 0.5) is 11.4 Å². The molecule has 1 N–H and O–H groups in total. The number of nitro groups is 1. The second-order valence-corrected chi connectivity index (χ2v) is 8.01. The molecule has 0 atom stereocenters. The number of nitrogens with zero attached hydrogens (tertiary/aromatic N) is 3. The first-order valence-electron chi connectivity index (χ1n) is 10.2. The molecule has 0 aliphatic carbocycles. The van der Waals surface area contributed by atoms with E-state index in [1.165, 1.54) is 36.0 Å². The van der Waals surface area contributed by atoms with Gasteiger partial charge in [-0.05, 0) is 30.7 Å². The molecule has 1 aromatic heterocycles. The number of benzene rings is 2. The molecule has 3 aromatic rings. The van der Waals surface area contributed by atoms with E-state index < -0.39 is 4.92 Å². The summed E-state index contributed by atoms with van der Waals surface area (Å²) in [6.07, 6.45) is 4.11. The SMILES string of the molecule is CCCCCCn1c(SCC(=O)Nc2ccc([N+](=O)[O-])cc2)nc2ccccc2c1=O. The first-order valence-corrected chi connectivity index (χ1v) is 11.1. The highest BCUT2D eigenvalue weighted by molar-refractivity contribution is 7.99. The third-order valence-electron chi connectivity index (χ3n) is 4.76. The molecule has 0 spiro atoms. The molecule has 1 amide bonds. The van der Waals surface area contributed by atoms with Crippen molar-refractivity contribution >= 4 is 39.9 Å². The molecule has 31 heavy (non-hydrogen) atoms. The lowest BCUT2D eigenvalue weighted by Gasteiger charge is -2.13. The fourth-order valence-corrected chi connectivity index (χ4v) is 3.97. The highest BCUT2D eigenvalue weighted by Crippen LogP contribution is 2.20. The number of aromatic nitrogens is 2. The summed E-state index contributed by atoms with van der Waals surface area (Å²) in [6, 6.07) is 12.8. The number of thioether (sulfide) groups is 1. The van der Waals surface area contributed by atoms with Gasteiger partial charge < -0.3 is 5.32 Å². The van der Waals surface area contributed by atoms with E-state index in [4.69, 9.17) is 0 Å². The Labute approximate surface area is 183 Å². The van der Waals surface area contributed by atoms with Gasteiger partial charge in [0.2, 0.25) is 5.91 Å². The first kappa shape index (κ1) is 22.5. The number of nitrogens with one attached hydrogen (secondary N) is 1. The predicted octanol–water partition coefficient (Wildman–Crippen LogP) is 4.62. The monoisotopic (exact) mass is 440 g/mol. The molecule has 0 unspecified atom stereocenters. The molecule has 0 aliphatic heterocycles. The van der Waals surface area contributed by atoms with Crippen molar-refractivity contribution in [1.29, 1.82) is 0 Å². The van der Waals surface area contributed by atoms with Crippen LogP contribution in [0.5, 0.6) is 0 Å². The lowest BCUT2D eigenvalue weighted by Crippen LogP contribution is -2.24. The summed E-state index contributed by atoms with van der Waals surface area (Å²) in [7, 11) is 0. The Morgan fingerprint density at radius 2 is 1.87 bits per heavy atom. The first-order chi connectivity index (χ1) is 15.0. The van der Waals surface area contributed by atoms with Crippen molar-refractivity contribution in [2.75, 3.05) is 11.1 Å². The predicted molar refractivity (Wildman–Crippen MR) is 123 cm³/mol. The maximum absolute atomic E-state index is 13.0. The summed E-state index contributed by atoms with van der Waals surface area (Å²) in [5.74, 6) is -0.213. The van der Waals surface area contributed by atoms with Gasteiger partial charge in [-0.1, -0.05) is 50.1 Å². The molecule has 0 radical (unpaired) electrons. The van der Waals surface area contributed by atoms with E-state index in [0.717, 1.165) is 25.7 Å². The smallest absolute Gasteiger partial charge is 0.269 e. The number of fused-ring (bicyclic) bond motifs is 1. The van der Waals surface area contributed by atoms with Gasteiger partial charge in [0.1, 0.15) is 0 Å². The van der Waals surface area contributed by atoms with Crippen molar-refractivity contribution in [2.24, 2.45) is 0 Å². The molecule has 9 heteroatoms. The number of hydrogen-bond acceptors (Lipinski definition) is 6. The van der Waals surface area contributed by atoms with Crippen molar-refractivity contribution in [1.82, 2.24) is 9.55 Å². The second kappa shape index (κ2) is 10.7. The number of carbonyl (C=O) groups is 1. The van der Waals surface area contributed by atoms with Gasteiger partial charge in [-0.3, -0.25) is 24.3 Å². The largest absolute Gasteiger partial charge is 0.325 e. The summed E-state index contributed by atoms with van der Waals surface area (Å²) in [5.41, 5.74) is 0.940. The average Bonchev–Trinajstić information content (AvgIpc) is 2.77. The van der Waals surface area contributed by atoms with Crippen LogP contribution in [0, 0.1) is 10.1 Å². The Balaban J connectivity index is 1.73. The van der Waals surface area contributed by atoms with Crippen LogP contribution in [-0.4, -0.2) is 26.1 Å². The van der Waals surface area contributed by atoms with Crippen LogP contribution in [0.2, 0.25) is 0 Å². The molecule has 0 aliphatic rings. The Kier molecular flexibility index (Phi) is 7.77. The fraction of sp³-hybridized carbons (Fsp3) is 0.318. The van der Waals surface area contributed by atoms with E-state index in [1.54, 1.807) is 16.7 Å². The molecule has 3 rings (SSSR count). The normalized spacial score (nSPS) is 10.9. The van der Waals surface area contributed by atoms with Gasteiger partial charge >= 0.3 is 0 Å². The summed E-state index contributed by atoms with van der Waals surface area (Å²) in [5, 5.41) is 14.5. The minimum Gasteiger partial charge on any atom is -0.325 e. The van der Waals surface area contributed by atoms with Gasteiger partial charge in [-0.15, -0.1) is 0 Å². The maximum Gasteiger partial charge on any atom is 0.269 e. The van der Waals surface area contributed by atoms with Crippen LogP contribution in [0.1, 0.15) is 32.6 Å². The van der Waals surface area contributed by atoms with E-state index >= 15 is 0 Å². The zero-order valence-corrected chi connectivity index (χ0v) is 18.1. The van der Waals surface area contributed by atoms with Gasteiger partial charge in [0, 0.05) is 24.4 Å². The van der Waals surface area contributed by atoms with Gasteiger partial charge in [0.25, 0.3) is 11.2 Å². The number of carbonyl (C=O) groups excluding carboxylic acids is 1. The lowest BCUT2D eigenvalue weighted by atomic mass is 10.2. The van der Waals surface area contributed by atoms with Crippen molar-refractivity contribution in [3.63, 3.8) is 0 Å². The molecule has 0 saturated carbocycles. The number of amides is 1. The molecule has 0 fully saturated rings. The maximum atomic E-state index is 13.0. The lowest BCUT2D eigenvalue weighted by molar-refractivity contribution is -0.384. The molecule has 1 heterocycles. The van der Waals surface area contributed by atoms with E-state index in [0.29, 0.717) is 28.3 Å². The quantitative estimate of drug-likeness (QED) is 0.162. The summed E-state index contributed by atoms with van der Waals surface area (Å²) in [6.45, 7) is 2.69. The summed E-state index contributed by atoms with van der Waals surface area (Å²) < 4.78 is 1.65. The summed E-state index contributed by atoms with van der Waals surface area (Å²) >= 11 is 1.21. The number of anilines is 1. The van der Waals surface area contributed by atoms with Gasteiger partial charge in [-0.2, -0.15) is 0 Å². The Morgan fingerprint density at radius 1 is 1.13 bits per heavy atom. The van der Waals surface area contributed by atoms with Gasteiger partial charge in [-0.25, -0.2) is 4.98 Å². The zero-order valence-electron chi connectivity index (χ0n) is 17.2. The Hall–Kier alpha value is -3.20. The van der Waals surface area contributed by atoms with E-state index in [9.17, 15) is 19.7 Å². The zero-order chi connectivity index (χ0) is 22.2. The van der Waals surface area contributed by atoms with Crippen molar-refractivity contribution in [3.05, 3.63) is 69.0 Å². The minimum atomic E-state index is -0.493. The third-order valence-corrected chi connectivity index (χ3v) is 5.73. The molecular weight excluding hydrogens is 416 g/mol. The van der Waals surface area contributed by atoms with E-state index in [-0.39, 0.29) is 22.9 Å². The van der Waals surface area contributed by atoms with Gasteiger partial charge in [0.15, 0.2) is 5.16 Å². The highest BCUT2D eigenvalue weighted by Gasteiger charge is 2.14. The average molecular weight is 441 g/mol. The number of unbranched alkanes of at least 4 members (excludes halogenated alkanes) is 3. The number of hydrogen-bond donors (Lipinski definition) is 1. The van der Waals surface area contributed by atoms with Crippen LogP contribution in [0.25, 0.3) is 10.9 Å².